The Hall–Kier alpha value is -3.83. The number of methoxy groups -OCH3 is 1. The van der Waals surface area contributed by atoms with Crippen LogP contribution in [-0.2, 0) is 14.3 Å². The number of phenols is 1. The van der Waals surface area contributed by atoms with Crippen molar-refractivity contribution < 1.29 is 39.2 Å². The van der Waals surface area contributed by atoms with Gasteiger partial charge in [0.2, 0.25) is 5.91 Å². The molecule has 2 rings (SSSR count). The number of hydrogen-bond donors (Lipinski definition) is 5. The minimum atomic E-state index is -1.48. The minimum Gasteiger partial charge on any atom is -0.507 e. The average molecular weight is 518 g/mol. The Bertz CT molecular complexity index is 1080. The van der Waals surface area contributed by atoms with Crippen LogP contribution in [0.3, 0.4) is 0 Å². The molecule has 2 aromatic carbocycles. The lowest BCUT2D eigenvalue weighted by Gasteiger charge is -2.34. The van der Waals surface area contributed by atoms with Crippen LogP contribution < -0.4 is 15.4 Å². The summed E-state index contributed by atoms with van der Waals surface area (Å²) in [5.74, 6) is -1.20. The summed E-state index contributed by atoms with van der Waals surface area (Å²) in [6.07, 6.45) is -0.943. The van der Waals surface area contributed by atoms with Crippen molar-refractivity contribution in [1.82, 2.24) is 10.2 Å². The highest BCUT2D eigenvalue weighted by Gasteiger charge is 2.37. The van der Waals surface area contributed by atoms with Gasteiger partial charge in [-0.2, -0.15) is 0 Å². The van der Waals surface area contributed by atoms with E-state index in [-0.39, 0.29) is 17.9 Å². The van der Waals surface area contributed by atoms with Gasteiger partial charge in [-0.3, -0.25) is 9.59 Å². The summed E-state index contributed by atoms with van der Waals surface area (Å²) in [4.78, 5) is 40.4. The maximum absolute atomic E-state index is 13.6. The Morgan fingerprint density at radius 2 is 1.70 bits per heavy atom. The third-order valence-electron chi connectivity index (χ3n) is 5.28. The molecule has 0 bridgehead atoms. The molecule has 0 fully saturated rings. The van der Waals surface area contributed by atoms with Gasteiger partial charge in [0.05, 0.1) is 20.3 Å². The normalized spacial score (nSPS) is 12.7. The molecule has 0 aliphatic heterocycles. The molecule has 0 saturated carbocycles. The Morgan fingerprint density at radius 3 is 2.24 bits per heavy atom. The standard InChI is InChI=1S/C26H35N3O8/c1-16-7-6-8-19(22(16)32)21(23(33)27-17-9-11-18(36-5)12-10-17)29(13-14-30)24(34)20(15-31)28-25(35)37-26(2,3)4/h6-12,20-21,30-32H,13-15H2,1-5H3,(H,27,33)(H,28,35). The minimum absolute atomic E-state index is 0.0989. The molecule has 0 aromatic heterocycles. The van der Waals surface area contributed by atoms with Crippen molar-refractivity contribution in [3.05, 3.63) is 53.6 Å². The molecular formula is C26H35N3O8. The first kappa shape index (κ1) is 29.4. The monoisotopic (exact) mass is 517 g/mol. The van der Waals surface area contributed by atoms with Gasteiger partial charge in [-0.15, -0.1) is 0 Å². The van der Waals surface area contributed by atoms with E-state index in [1.807, 2.05) is 0 Å². The zero-order chi connectivity index (χ0) is 27.8. The second-order valence-corrected chi connectivity index (χ2v) is 9.27. The fourth-order valence-corrected chi connectivity index (χ4v) is 3.55. The highest BCUT2D eigenvalue weighted by Crippen LogP contribution is 2.33. The molecule has 11 nitrogen and oxygen atoms in total. The molecular weight excluding hydrogens is 482 g/mol. The molecule has 0 saturated heterocycles. The van der Waals surface area contributed by atoms with E-state index < -0.39 is 48.8 Å². The largest absolute Gasteiger partial charge is 0.507 e. The van der Waals surface area contributed by atoms with E-state index in [4.69, 9.17) is 9.47 Å². The van der Waals surface area contributed by atoms with Crippen LogP contribution in [0.15, 0.2) is 42.5 Å². The first-order chi connectivity index (χ1) is 17.4. The number of aromatic hydroxyl groups is 1. The summed E-state index contributed by atoms with van der Waals surface area (Å²) in [6, 6.07) is 8.30. The Balaban J connectivity index is 2.48. The quantitative estimate of drug-likeness (QED) is 0.321. The highest BCUT2D eigenvalue weighted by atomic mass is 16.6. The Labute approximate surface area is 216 Å². The zero-order valence-electron chi connectivity index (χ0n) is 21.6. The molecule has 0 radical (unpaired) electrons. The Morgan fingerprint density at radius 1 is 1.05 bits per heavy atom. The average Bonchev–Trinajstić information content (AvgIpc) is 2.83. The number of nitrogens with zero attached hydrogens (tertiary/aromatic N) is 1. The lowest BCUT2D eigenvalue weighted by atomic mass is 9.99. The van der Waals surface area contributed by atoms with Crippen molar-refractivity contribution in [2.45, 2.75) is 45.4 Å². The summed E-state index contributed by atoms with van der Waals surface area (Å²) in [5.41, 5.74) is 0.0972. The summed E-state index contributed by atoms with van der Waals surface area (Å²) in [6.45, 7) is 4.89. The van der Waals surface area contributed by atoms with Crippen LogP contribution in [0.5, 0.6) is 11.5 Å². The number of aliphatic hydroxyl groups is 2. The number of rotatable bonds is 10. The van der Waals surface area contributed by atoms with Crippen molar-refractivity contribution in [2.24, 2.45) is 0 Å². The number of aryl methyl sites for hydroxylation is 1. The molecule has 2 unspecified atom stereocenters. The SMILES string of the molecule is COc1ccc(NC(=O)C(c2cccc(C)c2O)N(CCO)C(=O)C(CO)NC(=O)OC(C)(C)C)cc1. The number of amides is 3. The van der Waals surface area contributed by atoms with E-state index in [1.54, 1.807) is 64.1 Å². The fourth-order valence-electron chi connectivity index (χ4n) is 3.55. The molecule has 0 heterocycles. The number of alkyl carbamates (subject to hydrolysis) is 1. The van der Waals surface area contributed by atoms with E-state index >= 15 is 0 Å². The lowest BCUT2D eigenvalue weighted by Crippen LogP contribution is -2.54. The molecule has 0 spiro atoms. The summed E-state index contributed by atoms with van der Waals surface area (Å²) < 4.78 is 10.3. The van der Waals surface area contributed by atoms with E-state index in [0.717, 1.165) is 4.90 Å². The van der Waals surface area contributed by atoms with Crippen LogP contribution in [-0.4, -0.2) is 76.6 Å². The van der Waals surface area contributed by atoms with Gasteiger partial charge in [-0.1, -0.05) is 18.2 Å². The van der Waals surface area contributed by atoms with Gasteiger partial charge in [0.25, 0.3) is 5.91 Å². The first-order valence-electron chi connectivity index (χ1n) is 11.7. The van der Waals surface area contributed by atoms with Gasteiger partial charge in [-0.05, 0) is 57.5 Å². The number of phenolic OH excluding ortho intramolecular Hbond substituents is 1. The molecule has 0 aliphatic rings. The second kappa shape index (κ2) is 12.9. The molecule has 11 heteroatoms. The third kappa shape index (κ3) is 8.09. The number of ether oxygens (including phenoxy) is 2. The number of carbonyl (C=O) groups is 3. The Kier molecular flexibility index (Phi) is 10.3. The first-order valence-corrected chi connectivity index (χ1v) is 11.7. The van der Waals surface area contributed by atoms with Gasteiger partial charge in [0.15, 0.2) is 0 Å². The number of para-hydroxylation sites is 1. The lowest BCUT2D eigenvalue weighted by molar-refractivity contribution is -0.142. The van der Waals surface area contributed by atoms with Crippen LogP contribution in [0.25, 0.3) is 0 Å². The molecule has 37 heavy (non-hydrogen) atoms. The summed E-state index contributed by atoms with van der Waals surface area (Å²) in [5, 5.41) is 35.4. The number of carbonyl (C=O) groups excluding carboxylic acids is 3. The smallest absolute Gasteiger partial charge is 0.408 e. The predicted molar refractivity (Wildman–Crippen MR) is 136 cm³/mol. The highest BCUT2D eigenvalue weighted by molar-refractivity contribution is 5.99. The maximum atomic E-state index is 13.6. The van der Waals surface area contributed by atoms with Crippen molar-refractivity contribution in [3.63, 3.8) is 0 Å². The van der Waals surface area contributed by atoms with Crippen LogP contribution >= 0.6 is 0 Å². The number of aliphatic hydroxyl groups excluding tert-OH is 2. The van der Waals surface area contributed by atoms with E-state index in [9.17, 15) is 29.7 Å². The van der Waals surface area contributed by atoms with Gasteiger partial charge >= 0.3 is 6.09 Å². The number of hydrogen-bond acceptors (Lipinski definition) is 8. The zero-order valence-corrected chi connectivity index (χ0v) is 21.6. The van der Waals surface area contributed by atoms with Crippen LogP contribution in [0.1, 0.15) is 37.9 Å². The molecule has 0 aliphatic carbocycles. The van der Waals surface area contributed by atoms with Crippen LogP contribution in [0.4, 0.5) is 10.5 Å². The second-order valence-electron chi connectivity index (χ2n) is 9.27. The number of benzene rings is 2. The number of anilines is 1. The van der Waals surface area contributed by atoms with Gasteiger partial charge < -0.3 is 40.3 Å². The topological polar surface area (TPSA) is 158 Å². The van der Waals surface area contributed by atoms with E-state index in [2.05, 4.69) is 10.6 Å². The fraction of sp³-hybridized carbons (Fsp3) is 0.423. The summed E-state index contributed by atoms with van der Waals surface area (Å²) in [7, 11) is 1.51. The maximum Gasteiger partial charge on any atom is 0.408 e. The third-order valence-corrected chi connectivity index (χ3v) is 5.28. The van der Waals surface area contributed by atoms with Crippen molar-refractivity contribution in [2.75, 3.05) is 32.2 Å². The molecule has 3 amide bonds. The molecule has 202 valence electrons. The van der Waals surface area contributed by atoms with Crippen LogP contribution in [0.2, 0.25) is 0 Å². The molecule has 2 atom stereocenters. The van der Waals surface area contributed by atoms with Gasteiger partial charge in [0.1, 0.15) is 29.2 Å². The molecule has 2 aromatic rings. The van der Waals surface area contributed by atoms with E-state index in [0.29, 0.717) is 17.0 Å². The number of nitrogens with one attached hydrogen (secondary N) is 2. The van der Waals surface area contributed by atoms with Gasteiger partial charge in [0, 0.05) is 17.8 Å². The van der Waals surface area contributed by atoms with Crippen molar-refractivity contribution in [1.29, 1.82) is 0 Å². The van der Waals surface area contributed by atoms with Crippen LogP contribution in [0, 0.1) is 6.92 Å². The van der Waals surface area contributed by atoms with E-state index in [1.165, 1.54) is 13.2 Å². The predicted octanol–water partition coefficient (Wildman–Crippen LogP) is 2.10. The van der Waals surface area contributed by atoms with Crippen molar-refractivity contribution in [3.8, 4) is 11.5 Å². The van der Waals surface area contributed by atoms with Gasteiger partial charge in [-0.25, -0.2) is 4.79 Å². The summed E-state index contributed by atoms with van der Waals surface area (Å²) >= 11 is 0. The van der Waals surface area contributed by atoms with Crippen molar-refractivity contribution >= 4 is 23.6 Å². The molecule has 5 N–H and O–H groups in total.